The fourth-order valence-corrected chi connectivity index (χ4v) is 3.87. The molecule has 1 aromatic carbocycles. The van der Waals surface area contributed by atoms with Crippen LogP contribution in [0.3, 0.4) is 0 Å². The number of imidazole rings is 1. The van der Waals surface area contributed by atoms with Crippen LogP contribution in [0.15, 0.2) is 48.9 Å². The highest BCUT2D eigenvalue weighted by molar-refractivity contribution is 5.61. The molecule has 0 saturated heterocycles. The van der Waals surface area contributed by atoms with E-state index in [0.29, 0.717) is 23.1 Å². The minimum Gasteiger partial charge on any atom is -0.479 e. The molecule has 0 radical (unpaired) electrons. The molecular formula is C24H22F2N6O. The van der Waals surface area contributed by atoms with E-state index in [0.717, 1.165) is 28.9 Å². The molecule has 9 heteroatoms. The lowest BCUT2D eigenvalue weighted by Gasteiger charge is -2.11. The van der Waals surface area contributed by atoms with Crippen molar-refractivity contribution in [1.29, 1.82) is 0 Å². The standard InChI is InChI=1S/C24H22F2N6O/c1-13-8-21(19-6-7-22(24(29-19)33-3)32-11-14(2)27-12-32)30-31-23(13)28-20-10-16(20)15-4-5-17(25)18(26)9-15/h4-9,11-12,16,20H,10H2,1-3H3,(H,28,31)/t16-,20+/m0/s1. The van der Waals surface area contributed by atoms with Crippen molar-refractivity contribution in [2.75, 3.05) is 12.4 Å². The maximum absolute atomic E-state index is 13.5. The highest BCUT2D eigenvalue weighted by Crippen LogP contribution is 2.43. The summed E-state index contributed by atoms with van der Waals surface area (Å²) in [6.45, 7) is 3.86. The zero-order valence-corrected chi connectivity index (χ0v) is 18.4. The van der Waals surface area contributed by atoms with E-state index >= 15 is 0 Å². The molecule has 1 N–H and O–H groups in total. The van der Waals surface area contributed by atoms with Gasteiger partial charge in [0.15, 0.2) is 17.5 Å². The van der Waals surface area contributed by atoms with E-state index in [1.54, 1.807) is 19.5 Å². The molecule has 2 atom stereocenters. The number of methoxy groups -OCH3 is 1. The first-order chi connectivity index (χ1) is 15.9. The number of pyridine rings is 1. The number of nitrogens with zero attached hydrogens (tertiary/aromatic N) is 5. The van der Waals surface area contributed by atoms with Crippen LogP contribution in [0.1, 0.15) is 29.2 Å². The Morgan fingerprint density at radius 1 is 1.03 bits per heavy atom. The van der Waals surface area contributed by atoms with Crippen molar-refractivity contribution >= 4 is 5.82 Å². The molecule has 0 aliphatic heterocycles. The molecule has 5 rings (SSSR count). The van der Waals surface area contributed by atoms with Gasteiger partial charge in [-0.2, -0.15) is 0 Å². The summed E-state index contributed by atoms with van der Waals surface area (Å²) in [5, 5.41) is 12.0. The Balaban J connectivity index is 1.33. The topological polar surface area (TPSA) is 77.8 Å². The third-order valence-electron chi connectivity index (χ3n) is 5.75. The summed E-state index contributed by atoms with van der Waals surface area (Å²) in [5.41, 5.74) is 4.62. The predicted octanol–water partition coefficient (Wildman–Crippen LogP) is 4.60. The van der Waals surface area contributed by atoms with Gasteiger partial charge >= 0.3 is 0 Å². The monoisotopic (exact) mass is 448 g/mol. The van der Waals surface area contributed by atoms with E-state index in [1.165, 1.54) is 12.1 Å². The second-order valence-corrected chi connectivity index (χ2v) is 8.17. The third kappa shape index (κ3) is 4.13. The van der Waals surface area contributed by atoms with Crippen molar-refractivity contribution in [3.05, 3.63) is 77.4 Å². The maximum atomic E-state index is 13.5. The summed E-state index contributed by atoms with van der Waals surface area (Å²) in [5.74, 6) is -0.424. The van der Waals surface area contributed by atoms with E-state index in [2.05, 4.69) is 25.5 Å². The molecule has 1 fully saturated rings. The average molecular weight is 448 g/mol. The molecule has 7 nitrogen and oxygen atoms in total. The van der Waals surface area contributed by atoms with Gasteiger partial charge in [0.25, 0.3) is 0 Å². The Morgan fingerprint density at radius 3 is 2.58 bits per heavy atom. The van der Waals surface area contributed by atoms with Crippen LogP contribution >= 0.6 is 0 Å². The van der Waals surface area contributed by atoms with E-state index in [1.807, 2.05) is 42.8 Å². The van der Waals surface area contributed by atoms with Gasteiger partial charge in [-0.15, -0.1) is 10.2 Å². The van der Waals surface area contributed by atoms with Crippen molar-refractivity contribution < 1.29 is 13.5 Å². The molecule has 0 amide bonds. The van der Waals surface area contributed by atoms with Crippen LogP contribution in [0.4, 0.5) is 14.6 Å². The molecule has 0 unspecified atom stereocenters. The van der Waals surface area contributed by atoms with E-state index in [9.17, 15) is 8.78 Å². The minimum atomic E-state index is -0.834. The van der Waals surface area contributed by atoms with Crippen molar-refractivity contribution in [3.63, 3.8) is 0 Å². The average Bonchev–Trinajstić information content (AvgIpc) is 3.45. The normalized spacial score (nSPS) is 17.1. The molecule has 3 heterocycles. The highest BCUT2D eigenvalue weighted by atomic mass is 19.2. The molecule has 1 aliphatic carbocycles. The van der Waals surface area contributed by atoms with Crippen LogP contribution < -0.4 is 10.1 Å². The van der Waals surface area contributed by atoms with Gasteiger partial charge in [0.1, 0.15) is 11.4 Å². The Hall–Kier alpha value is -3.88. The Morgan fingerprint density at radius 2 is 1.88 bits per heavy atom. The number of ether oxygens (including phenoxy) is 1. The quantitative estimate of drug-likeness (QED) is 0.465. The summed E-state index contributed by atoms with van der Waals surface area (Å²) in [7, 11) is 1.57. The summed E-state index contributed by atoms with van der Waals surface area (Å²) in [6, 6.07) is 9.83. The van der Waals surface area contributed by atoms with Crippen LogP contribution in [0.25, 0.3) is 17.1 Å². The molecule has 0 bridgehead atoms. The second kappa shape index (κ2) is 8.23. The Kier molecular flexibility index (Phi) is 5.24. The van der Waals surface area contributed by atoms with Crippen molar-refractivity contribution in [1.82, 2.24) is 24.7 Å². The first-order valence-electron chi connectivity index (χ1n) is 10.5. The maximum Gasteiger partial charge on any atom is 0.238 e. The van der Waals surface area contributed by atoms with Crippen LogP contribution in [0.5, 0.6) is 5.88 Å². The molecule has 3 aromatic heterocycles. The second-order valence-electron chi connectivity index (χ2n) is 8.17. The molecule has 33 heavy (non-hydrogen) atoms. The zero-order valence-electron chi connectivity index (χ0n) is 18.4. The van der Waals surface area contributed by atoms with Gasteiger partial charge < -0.3 is 14.6 Å². The summed E-state index contributed by atoms with van der Waals surface area (Å²) < 4.78 is 34.1. The minimum absolute atomic E-state index is 0.102. The number of hydrogen-bond donors (Lipinski definition) is 1. The fourth-order valence-electron chi connectivity index (χ4n) is 3.87. The molecule has 1 saturated carbocycles. The number of nitrogens with one attached hydrogen (secondary N) is 1. The van der Waals surface area contributed by atoms with Crippen molar-refractivity contribution in [2.45, 2.75) is 32.2 Å². The predicted molar refractivity (Wildman–Crippen MR) is 120 cm³/mol. The van der Waals surface area contributed by atoms with Gasteiger partial charge in [0.05, 0.1) is 24.8 Å². The molecule has 1 aliphatic rings. The smallest absolute Gasteiger partial charge is 0.238 e. The van der Waals surface area contributed by atoms with Crippen molar-refractivity contribution in [2.24, 2.45) is 0 Å². The lowest BCUT2D eigenvalue weighted by Crippen LogP contribution is -2.09. The zero-order chi connectivity index (χ0) is 23.1. The number of hydrogen-bond acceptors (Lipinski definition) is 6. The number of aryl methyl sites for hydroxylation is 2. The van der Waals surface area contributed by atoms with E-state index in [4.69, 9.17) is 4.74 Å². The van der Waals surface area contributed by atoms with Gasteiger partial charge in [-0.25, -0.2) is 18.7 Å². The Labute approximate surface area is 189 Å². The Bertz CT molecular complexity index is 1340. The number of aromatic nitrogens is 5. The lowest BCUT2D eigenvalue weighted by atomic mass is 10.1. The van der Waals surface area contributed by atoms with Gasteiger partial charge in [-0.3, -0.25) is 0 Å². The van der Waals surface area contributed by atoms with E-state index in [-0.39, 0.29) is 12.0 Å². The first kappa shape index (κ1) is 21.0. The summed E-state index contributed by atoms with van der Waals surface area (Å²) in [4.78, 5) is 8.85. The number of rotatable bonds is 6. The lowest BCUT2D eigenvalue weighted by molar-refractivity contribution is 0.396. The van der Waals surface area contributed by atoms with Crippen LogP contribution in [0.2, 0.25) is 0 Å². The number of anilines is 1. The third-order valence-corrected chi connectivity index (χ3v) is 5.75. The van der Waals surface area contributed by atoms with Gasteiger partial charge in [-0.1, -0.05) is 6.07 Å². The van der Waals surface area contributed by atoms with Gasteiger partial charge in [0.2, 0.25) is 5.88 Å². The van der Waals surface area contributed by atoms with Gasteiger partial charge in [-0.05, 0) is 61.7 Å². The van der Waals surface area contributed by atoms with Crippen LogP contribution in [-0.4, -0.2) is 37.9 Å². The van der Waals surface area contributed by atoms with Crippen molar-refractivity contribution in [3.8, 4) is 23.0 Å². The van der Waals surface area contributed by atoms with Gasteiger partial charge in [0, 0.05) is 18.2 Å². The molecule has 168 valence electrons. The molecule has 0 spiro atoms. The largest absolute Gasteiger partial charge is 0.479 e. The summed E-state index contributed by atoms with van der Waals surface area (Å²) >= 11 is 0. The first-order valence-corrected chi connectivity index (χ1v) is 10.5. The number of benzene rings is 1. The molecular weight excluding hydrogens is 426 g/mol. The van der Waals surface area contributed by atoms with E-state index < -0.39 is 11.6 Å². The number of halogens is 2. The highest BCUT2D eigenvalue weighted by Gasteiger charge is 2.39. The van der Waals surface area contributed by atoms with Crippen LogP contribution in [0, 0.1) is 25.5 Å². The SMILES string of the molecule is COc1nc(-c2cc(C)c(N[C@@H]3C[C@H]3c3ccc(F)c(F)c3)nn2)ccc1-n1cnc(C)c1. The summed E-state index contributed by atoms with van der Waals surface area (Å²) in [6.07, 6.45) is 4.43. The van der Waals surface area contributed by atoms with Crippen LogP contribution in [-0.2, 0) is 0 Å². The molecule has 4 aromatic rings. The fraction of sp³-hybridized carbons (Fsp3) is 0.250.